The number of aliphatic hydroxyl groups excluding tert-OH is 1. The van der Waals surface area contributed by atoms with E-state index < -0.39 is 23.3 Å². The fraction of sp³-hybridized carbons (Fsp3) is 0.500. The molecule has 3 unspecified atom stereocenters. The number of carbonyl (C=O) groups is 3. The molecule has 15 heteroatoms. The number of hydrogen-bond donors (Lipinski definition) is 3. The Hall–Kier alpha value is -3.24. The SMILES string of the molecule is CCC(COC(=O)CCCC(=O)NCCNC(=O)c1ccc(C(C)SSc2ccc([N+](=O)[O-])cn2)cc1)OC(CO)OC. The molecule has 13 nitrogen and oxygen atoms in total. The maximum Gasteiger partial charge on any atom is 0.305 e. The minimum absolute atomic E-state index is 0.0306. The molecule has 0 radical (unpaired) electrons. The molecule has 0 fully saturated rings. The first-order chi connectivity index (χ1) is 20.7. The summed E-state index contributed by atoms with van der Waals surface area (Å²) in [6.45, 7) is 4.09. The maximum atomic E-state index is 12.5. The summed E-state index contributed by atoms with van der Waals surface area (Å²) in [4.78, 5) is 50.8. The van der Waals surface area contributed by atoms with Crippen molar-refractivity contribution in [2.24, 2.45) is 0 Å². The molecule has 3 atom stereocenters. The van der Waals surface area contributed by atoms with E-state index in [0.717, 1.165) is 5.56 Å². The predicted octanol–water partition coefficient (Wildman–Crippen LogP) is 3.81. The van der Waals surface area contributed by atoms with Crippen molar-refractivity contribution >= 4 is 45.1 Å². The second kappa shape index (κ2) is 19.9. The van der Waals surface area contributed by atoms with Gasteiger partial charge in [-0.25, -0.2) is 4.98 Å². The van der Waals surface area contributed by atoms with Gasteiger partial charge in [-0.3, -0.25) is 24.5 Å². The molecule has 3 N–H and O–H groups in total. The van der Waals surface area contributed by atoms with Gasteiger partial charge in [0.15, 0.2) is 6.29 Å². The Balaban J connectivity index is 1.61. The largest absolute Gasteiger partial charge is 0.463 e. The van der Waals surface area contributed by atoms with Crippen LogP contribution in [0.3, 0.4) is 0 Å². The summed E-state index contributed by atoms with van der Waals surface area (Å²) >= 11 is 0. The molecule has 2 amide bonds. The van der Waals surface area contributed by atoms with Gasteiger partial charge in [-0.1, -0.05) is 29.9 Å². The molecule has 0 spiro atoms. The first-order valence-corrected chi connectivity index (χ1v) is 15.9. The van der Waals surface area contributed by atoms with Crippen LogP contribution in [0.2, 0.25) is 0 Å². The Morgan fingerprint density at radius 2 is 1.81 bits per heavy atom. The van der Waals surface area contributed by atoms with Crippen molar-refractivity contribution in [3.05, 3.63) is 63.8 Å². The molecule has 0 aliphatic heterocycles. The third-order valence-corrected chi connectivity index (χ3v) is 8.75. The Labute approximate surface area is 258 Å². The van der Waals surface area contributed by atoms with E-state index in [9.17, 15) is 24.5 Å². The van der Waals surface area contributed by atoms with Crippen molar-refractivity contribution in [2.75, 3.05) is 33.4 Å². The number of aliphatic hydroxyl groups is 1. The summed E-state index contributed by atoms with van der Waals surface area (Å²) < 4.78 is 15.6. The Morgan fingerprint density at radius 1 is 1.09 bits per heavy atom. The van der Waals surface area contributed by atoms with E-state index >= 15 is 0 Å². The highest BCUT2D eigenvalue weighted by Crippen LogP contribution is 2.41. The highest BCUT2D eigenvalue weighted by Gasteiger charge is 2.17. The minimum atomic E-state index is -0.780. The molecule has 1 aromatic carbocycles. The molecule has 0 bridgehead atoms. The normalized spacial score (nSPS) is 13.0. The number of carbonyl (C=O) groups excluding carboxylic acids is 3. The van der Waals surface area contributed by atoms with Crippen molar-refractivity contribution in [2.45, 2.75) is 62.2 Å². The average molecular weight is 639 g/mol. The predicted molar refractivity (Wildman–Crippen MR) is 162 cm³/mol. The Kier molecular flexibility index (Phi) is 16.6. The summed E-state index contributed by atoms with van der Waals surface area (Å²) in [5.41, 5.74) is 1.44. The van der Waals surface area contributed by atoms with E-state index in [2.05, 4.69) is 15.6 Å². The first kappa shape index (κ1) is 36.0. The summed E-state index contributed by atoms with van der Waals surface area (Å²) in [7, 11) is 4.37. The van der Waals surface area contributed by atoms with Crippen LogP contribution in [0.15, 0.2) is 47.6 Å². The molecule has 1 aromatic heterocycles. The molecule has 0 aliphatic carbocycles. The third-order valence-electron chi connectivity index (χ3n) is 6.01. The molecule has 2 rings (SSSR count). The smallest absolute Gasteiger partial charge is 0.305 e. The average Bonchev–Trinajstić information content (AvgIpc) is 3.02. The van der Waals surface area contributed by atoms with Crippen molar-refractivity contribution in [1.82, 2.24) is 15.6 Å². The van der Waals surface area contributed by atoms with Gasteiger partial charge < -0.3 is 30.0 Å². The summed E-state index contributed by atoms with van der Waals surface area (Å²) in [6.07, 6.45) is 1.15. The standard InChI is InChI=1S/C28H38N4O9S2/c1-4-23(41-27(17-33)39-3)18-40-26(35)7-5-6-24(34)29-14-15-30-28(36)21-10-8-20(9-11-21)19(2)42-43-25-13-12-22(16-31-25)32(37)38/h8-13,16,19,23,27,33H,4-7,14-15,17-18H2,1-3H3,(H,29,34)(H,30,36). The molecule has 43 heavy (non-hydrogen) atoms. The molecular weight excluding hydrogens is 600 g/mol. The number of esters is 1. The van der Waals surface area contributed by atoms with Crippen LogP contribution in [0.5, 0.6) is 0 Å². The van der Waals surface area contributed by atoms with Crippen LogP contribution in [-0.4, -0.2) is 78.6 Å². The zero-order valence-corrected chi connectivity index (χ0v) is 26.0. The fourth-order valence-electron chi connectivity index (χ4n) is 3.47. The molecule has 2 aromatic rings. The van der Waals surface area contributed by atoms with Crippen LogP contribution in [0.25, 0.3) is 0 Å². The number of amides is 2. The number of methoxy groups -OCH3 is 1. The van der Waals surface area contributed by atoms with Crippen LogP contribution in [-0.2, 0) is 23.8 Å². The van der Waals surface area contributed by atoms with E-state index in [1.165, 1.54) is 30.2 Å². The Bertz CT molecular complexity index is 1170. The van der Waals surface area contributed by atoms with Gasteiger partial charge in [0.2, 0.25) is 5.91 Å². The van der Waals surface area contributed by atoms with Crippen molar-refractivity contribution < 1.29 is 38.6 Å². The van der Waals surface area contributed by atoms with Gasteiger partial charge in [0.25, 0.3) is 11.6 Å². The van der Waals surface area contributed by atoms with Crippen LogP contribution in [0, 0.1) is 10.1 Å². The number of nitrogens with zero attached hydrogens (tertiary/aromatic N) is 2. The number of nitrogens with one attached hydrogen (secondary N) is 2. The molecule has 0 saturated carbocycles. The van der Waals surface area contributed by atoms with Crippen LogP contribution in [0.1, 0.15) is 60.7 Å². The van der Waals surface area contributed by atoms with Crippen LogP contribution >= 0.6 is 21.6 Å². The lowest BCUT2D eigenvalue weighted by Crippen LogP contribution is -2.34. The zero-order valence-electron chi connectivity index (χ0n) is 24.4. The summed E-state index contributed by atoms with van der Waals surface area (Å²) in [5, 5.41) is 26.1. The van der Waals surface area contributed by atoms with Gasteiger partial charge in [-0.05, 0) is 54.3 Å². The second-order valence-corrected chi connectivity index (χ2v) is 11.8. The van der Waals surface area contributed by atoms with Crippen LogP contribution < -0.4 is 10.6 Å². The third kappa shape index (κ3) is 13.7. The van der Waals surface area contributed by atoms with Gasteiger partial charge in [0, 0.05) is 49.9 Å². The topological polar surface area (TPSA) is 179 Å². The number of benzene rings is 1. The zero-order chi connectivity index (χ0) is 31.6. The van der Waals surface area contributed by atoms with Crippen molar-refractivity contribution in [1.29, 1.82) is 0 Å². The van der Waals surface area contributed by atoms with Crippen LogP contribution in [0.4, 0.5) is 5.69 Å². The van der Waals surface area contributed by atoms with Gasteiger partial charge in [-0.2, -0.15) is 0 Å². The first-order valence-electron chi connectivity index (χ1n) is 13.7. The van der Waals surface area contributed by atoms with E-state index in [1.54, 1.807) is 29.0 Å². The lowest BCUT2D eigenvalue weighted by molar-refractivity contribution is -0.385. The van der Waals surface area contributed by atoms with E-state index in [1.807, 2.05) is 26.0 Å². The maximum absolute atomic E-state index is 12.5. The number of rotatable bonds is 20. The molecular formula is C28H38N4O9S2. The van der Waals surface area contributed by atoms with E-state index in [4.69, 9.17) is 19.3 Å². The van der Waals surface area contributed by atoms with E-state index in [-0.39, 0.29) is 61.9 Å². The number of aromatic nitrogens is 1. The highest BCUT2D eigenvalue weighted by atomic mass is 33.1. The monoisotopic (exact) mass is 638 g/mol. The number of hydrogen-bond acceptors (Lipinski definition) is 12. The van der Waals surface area contributed by atoms with Crippen molar-refractivity contribution in [3.8, 4) is 0 Å². The highest BCUT2D eigenvalue weighted by molar-refractivity contribution is 8.76. The number of nitro groups is 1. The Morgan fingerprint density at radius 3 is 2.42 bits per heavy atom. The molecule has 0 aliphatic rings. The lowest BCUT2D eigenvalue weighted by Gasteiger charge is -2.21. The number of pyridine rings is 1. The lowest BCUT2D eigenvalue weighted by atomic mass is 10.1. The molecule has 236 valence electrons. The number of ether oxygens (including phenoxy) is 3. The minimum Gasteiger partial charge on any atom is -0.463 e. The molecule has 0 saturated heterocycles. The van der Waals surface area contributed by atoms with E-state index in [0.29, 0.717) is 23.4 Å². The fourth-order valence-corrected chi connectivity index (χ4v) is 5.56. The quantitative estimate of drug-likeness (QED) is 0.0478. The molecule has 1 heterocycles. The van der Waals surface area contributed by atoms with Crippen molar-refractivity contribution in [3.63, 3.8) is 0 Å². The van der Waals surface area contributed by atoms with Gasteiger partial charge in [0.1, 0.15) is 17.8 Å². The summed E-state index contributed by atoms with van der Waals surface area (Å²) in [6, 6.07) is 10.2. The van der Waals surface area contributed by atoms with Gasteiger partial charge >= 0.3 is 5.97 Å². The van der Waals surface area contributed by atoms with Gasteiger partial charge in [0.05, 0.1) is 17.6 Å². The summed E-state index contributed by atoms with van der Waals surface area (Å²) in [5.74, 6) is -0.946. The van der Waals surface area contributed by atoms with Gasteiger partial charge in [-0.15, -0.1) is 0 Å². The second-order valence-electron chi connectivity index (χ2n) is 9.21.